The Balaban J connectivity index is 2.07. The molecule has 2 heterocycles. The molecule has 14 heteroatoms. The molecule has 10 atom stereocenters. The van der Waals surface area contributed by atoms with E-state index in [2.05, 4.69) is 0 Å². The minimum absolute atomic E-state index is 0.133. The molecule has 0 radical (unpaired) electrons. The summed E-state index contributed by atoms with van der Waals surface area (Å²) in [5.74, 6) is -2.54. The van der Waals surface area contributed by atoms with Crippen LogP contribution in [0, 0.1) is 0 Å². The third-order valence-electron chi connectivity index (χ3n) is 6.45. The second kappa shape index (κ2) is 7.97. The van der Waals surface area contributed by atoms with Gasteiger partial charge in [-0.1, -0.05) is 0 Å². The number of carbonyl (C=O) groups is 2. The van der Waals surface area contributed by atoms with Crippen molar-refractivity contribution in [1.29, 1.82) is 0 Å². The van der Waals surface area contributed by atoms with Crippen LogP contribution in [0.4, 0.5) is 9.59 Å². The molecule has 1 saturated carbocycles. The Morgan fingerprint density at radius 1 is 1.00 bits per heavy atom. The molecule has 0 bridgehead atoms. The van der Waals surface area contributed by atoms with E-state index in [1.54, 1.807) is 6.92 Å². The molecule has 0 aromatic heterocycles. The van der Waals surface area contributed by atoms with Crippen LogP contribution in [0.5, 0.6) is 0 Å². The largest absolute Gasteiger partial charge is 0.465 e. The number of nitrogens with two attached hydrogens (primary N) is 1. The predicted octanol–water partition coefficient (Wildman–Crippen LogP) is -3.02. The lowest BCUT2D eigenvalue weighted by molar-refractivity contribution is -0.483. The zero-order chi connectivity index (χ0) is 23.5. The molecule has 3 fully saturated rings. The summed E-state index contributed by atoms with van der Waals surface area (Å²) < 4.78 is 17.0. The van der Waals surface area contributed by atoms with Crippen LogP contribution in [0.25, 0.3) is 0 Å². The first-order chi connectivity index (χ1) is 14.3. The fourth-order valence-corrected chi connectivity index (χ4v) is 4.70. The molecule has 1 aliphatic carbocycles. The Morgan fingerprint density at radius 2 is 1.55 bits per heavy atom. The maximum atomic E-state index is 11.7. The molecule has 3 unspecified atom stereocenters. The van der Waals surface area contributed by atoms with Crippen LogP contribution in [0.1, 0.15) is 13.3 Å². The van der Waals surface area contributed by atoms with Crippen LogP contribution in [0.2, 0.25) is 0 Å². The van der Waals surface area contributed by atoms with Gasteiger partial charge in [0, 0.05) is 27.1 Å². The highest BCUT2D eigenvalue weighted by molar-refractivity contribution is 5.66. The fraction of sp³-hybridized carbons (Fsp3) is 0.882. The summed E-state index contributed by atoms with van der Waals surface area (Å²) in [5, 5.41) is 62.8. The van der Waals surface area contributed by atoms with Gasteiger partial charge in [0.25, 0.3) is 0 Å². The zero-order valence-corrected chi connectivity index (χ0v) is 17.2. The molecule has 2 amide bonds. The molecular weight excluding hydrogens is 422 g/mol. The van der Waals surface area contributed by atoms with Crippen molar-refractivity contribution in [3.05, 3.63) is 0 Å². The molecule has 2 aliphatic heterocycles. The van der Waals surface area contributed by atoms with Gasteiger partial charge in [-0.25, -0.2) is 9.59 Å². The normalized spacial score (nSPS) is 47.1. The van der Waals surface area contributed by atoms with Crippen molar-refractivity contribution in [3.8, 4) is 0 Å². The number of fused-ring (bicyclic) bond motifs is 2. The van der Waals surface area contributed by atoms with Gasteiger partial charge in [-0.05, 0) is 6.92 Å². The smallest absolute Gasteiger partial charge is 0.407 e. The minimum Gasteiger partial charge on any atom is -0.465 e. The van der Waals surface area contributed by atoms with E-state index in [0.29, 0.717) is 9.80 Å². The first-order valence-corrected chi connectivity index (χ1v) is 9.70. The Bertz CT molecular complexity index is 727. The molecule has 0 spiro atoms. The summed E-state index contributed by atoms with van der Waals surface area (Å²) in [6.07, 6.45) is -11.7. The second-order valence-corrected chi connectivity index (χ2v) is 8.35. The van der Waals surface area contributed by atoms with Crippen molar-refractivity contribution in [2.75, 3.05) is 20.6 Å². The lowest BCUT2D eigenvalue weighted by Crippen LogP contribution is -2.81. The maximum absolute atomic E-state index is 11.7. The number of carboxylic acid groups (broad SMARTS) is 2. The number of aliphatic hydroxyl groups excluding tert-OH is 2. The molecule has 178 valence electrons. The van der Waals surface area contributed by atoms with Crippen LogP contribution >= 0.6 is 0 Å². The van der Waals surface area contributed by atoms with Crippen molar-refractivity contribution < 1.29 is 54.4 Å². The summed E-state index contributed by atoms with van der Waals surface area (Å²) >= 11 is 0. The highest BCUT2D eigenvalue weighted by atomic mass is 16.8. The van der Waals surface area contributed by atoms with E-state index in [4.69, 9.17) is 19.9 Å². The van der Waals surface area contributed by atoms with E-state index in [1.807, 2.05) is 0 Å². The van der Waals surface area contributed by atoms with Crippen LogP contribution < -0.4 is 5.73 Å². The number of ether oxygens (including phenoxy) is 3. The van der Waals surface area contributed by atoms with Gasteiger partial charge in [-0.2, -0.15) is 0 Å². The monoisotopic (exact) mass is 451 g/mol. The minimum atomic E-state index is -2.54. The zero-order valence-electron chi connectivity index (χ0n) is 17.2. The van der Waals surface area contributed by atoms with E-state index in [-0.39, 0.29) is 6.42 Å². The van der Waals surface area contributed by atoms with E-state index in [0.717, 1.165) is 14.1 Å². The summed E-state index contributed by atoms with van der Waals surface area (Å²) in [7, 11) is 2.21. The van der Waals surface area contributed by atoms with E-state index in [9.17, 15) is 40.2 Å². The first kappa shape index (κ1) is 23.9. The van der Waals surface area contributed by atoms with Gasteiger partial charge < -0.3 is 60.4 Å². The molecular formula is C17H29N3O11. The predicted molar refractivity (Wildman–Crippen MR) is 98.8 cm³/mol. The molecule has 8 N–H and O–H groups in total. The molecule has 31 heavy (non-hydrogen) atoms. The number of amides is 2. The van der Waals surface area contributed by atoms with Gasteiger partial charge in [0.05, 0.1) is 18.2 Å². The van der Waals surface area contributed by atoms with Gasteiger partial charge in [0.15, 0.2) is 0 Å². The molecule has 0 aromatic rings. The molecule has 14 nitrogen and oxygen atoms in total. The highest BCUT2D eigenvalue weighted by Crippen LogP contribution is 2.47. The number of nitrogens with zero attached hydrogens (tertiary/aromatic N) is 2. The van der Waals surface area contributed by atoms with Gasteiger partial charge in [-0.15, -0.1) is 0 Å². The Morgan fingerprint density at radius 3 is 2.06 bits per heavy atom. The second-order valence-electron chi connectivity index (χ2n) is 8.35. The quantitative estimate of drug-likeness (QED) is 0.228. The van der Waals surface area contributed by atoms with Gasteiger partial charge in [-0.3, -0.25) is 0 Å². The van der Waals surface area contributed by atoms with Crippen LogP contribution in [0.15, 0.2) is 0 Å². The van der Waals surface area contributed by atoms with Crippen molar-refractivity contribution in [1.82, 2.24) is 9.80 Å². The van der Waals surface area contributed by atoms with Crippen LogP contribution in [-0.2, 0) is 14.2 Å². The number of likely N-dealkylation sites (N-methyl/N-ethyl adjacent to an activating group) is 2. The topological polar surface area (TPSA) is 216 Å². The third kappa shape index (κ3) is 3.52. The maximum Gasteiger partial charge on any atom is 0.407 e. The Hall–Kier alpha value is -1.78. The van der Waals surface area contributed by atoms with Gasteiger partial charge in [0.2, 0.25) is 12.1 Å². The highest BCUT2D eigenvalue weighted by Gasteiger charge is 2.69. The summed E-state index contributed by atoms with van der Waals surface area (Å²) in [4.78, 5) is 24.5. The van der Waals surface area contributed by atoms with E-state index in [1.165, 1.54) is 0 Å². The molecule has 3 rings (SSSR count). The summed E-state index contributed by atoms with van der Waals surface area (Å²) in [6, 6.07) is -2.97. The standard InChI is InChI=1S/C17H29N3O11/c1-6-4-16(27,5-18)17(28)13(29-6)30-12-10(22)7(19(2)14(23)24)9(21)8(11(12)31-17)20(3)15(25)26/h6-13,21-22,27-28H,4-5,18H2,1-3H3,(H,23,24)(H,25,26)/t6-,7-,8+,9+,10+,11?,12?,13?,16-,17-/m1/s1. The fourth-order valence-electron chi connectivity index (χ4n) is 4.70. The van der Waals surface area contributed by atoms with Gasteiger partial charge >= 0.3 is 12.2 Å². The third-order valence-corrected chi connectivity index (χ3v) is 6.45. The SMILES string of the molecule is C[C@@H]1C[C@@](O)(CN)[C@]2(O)OC3C(OC2O1)[C@@H](O)[C@H](N(C)C(=O)O)[C@H](O)[C@@H]3N(C)C(=O)O. The van der Waals surface area contributed by atoms with Crippen molar-refractivity contribution in [2.45, 2.75) is 73.6 Å². The van der Waals surface area contributed by atoms with Crippen molar-refractivity contribution in [2.24, 2.45) is 5.73 Å². The lowest BCUT2D eigenvalue weighted by atomic mass is 9.77. The molecule has 0 aromatic carbocycles. The number of hydrogen-bond acceptors (Lipinski definition) is 10. The Labute approximate surface area is 177 Å². The number of rotatable bonds is 3. The van der Waals surface area contributed by atoms with Crippen molar-refractivity contribution >= 4 is 12.2 Å². The van der Waals surface area contributed by atoms with Gasteiger partial charge in [0.1, 0.15) is 30.0 Å². The van der Waals surface area contributed by atoms with Crippen LogP contribution in [0.3, 0.4) is 0 Å². The molecule has 2 saturated heterocycles. The average Bonchev–Trinajstić information content (AvgIpc) is 2.67. The van der Waals surface area contributed by atoms with E-state index >= 15 is 0 Å². The van der Waals surface area contributed by atoms with Crippen LogP contribution in [-0.4, -0.2) is 134 Å². The first-order valence-electron chi connectivity index (χ1n) is 9.70. The summed E-state index contributed by atoms with van der Waals surface area (Å²) in [6.45, 7) is 1.14. The summed E-state index contributed by atoms with van der Waals surface area (Å²) in [5.41, 5.74) is 3.63. The Kier molecular flexibility index (Phi) is 6.14. The van der Waals surface area contributed by atoms with Crippen molar-refractivity contribution in [3.63, 3.8) is 0 Å². The lowest BCUT2D eigenvalue weighted by Gasteiger charge is -2.61. The number of hydrogen-bond donors (Lipinski definition) is 7. The molecule has 3 aliphatic rings. The average molecular weight is 451 g/mol. The van der Waals surface area contributed by atoms with E-state index < -0.39 is 79.0 Å². The number of aliphatic hydroxyl groups is 4.